The summed E-state index contributed by atoms with van der Waals surface area (Å²) in [6.07, 6.45) is 3.34. The first-order valence-electron chi connectivity index (χ1n) is 7.20. The standard InChI is InChI=1S/C13H18N2O5S2/c1-8-14-7-11(21-8)22(18,19)15-5-4-9(12(15)13(16)17)10-3-2-6-20-10/h7,9-10,12H,2-6H2,1H3,(H,16,17). The Morgan fingerprint density at radius 2 is 2.27 bits per heavy atom. The number of carboxylic acids is 1. The highest BCUT2D eigenvalue weighted by molar-refractivity contribution is 7.91. The largest absolute Gasteiger partial charge is 0.480 e. The maximum atomic E-state index is 12.7. The molecule has 0 saturated carbocycles. The van der Waals surface area contributed by atoms with Gasteiger partial charge in [-0.25, -0.2) is 13.4 Å². The van der Waals surface area contributed by atoms with Crippen molar-refractivity contribution in [3.63, 3.8) is 0 Å². The summed E-state index contributed by atoms with van der Waals surface area (Å²) in [5.74, 6) is -1.40. The zero-order valence-corrected chi connectivity index (χ0v) is 13.8. The Labute approximate surface area is 133 Å². The molecule has 0 spiro atoms. The average Bonchev–Trinajstić information content (AvgIpc) is 3.17. The lowest BCUT2D eigenvalue weighted by molar-refractivity contribution is -0.143. The van der Waals surface area contributed by atoms with Gasteiger partial charge in [0, 0.05) is 19.1 Å². The van der Waals surface area contributed by atoms with Crippen LogP contribution in [0.4, 0.5) is 0 Å². The number of aryl methyl sites for hydroxylation is 1. The minimum absolute atomic E-state index is 0.101. The van der Waals surface area contributed by atoms with Gasteiger partial charge < -0.3 is 9.84 Å². The Morgan fingerprint density at radius 1 is 1.50 bits per heavy atom. The van der Waals surface area contributed by atoms with Gasteiger partial charge >= 0.3 is 5.97 Å². The van der Waals surface area contributed by atoms with E-state index in [4.69, 9.17) is 4.74 Å². The summed E-state index contributed by atoms with van der Waals surface area (Å²) in [5, 5.41) is 10.2. The number of rotatable bonds is 4. The zero-order valence-electron chi connectivity index (χ0n) is 12.1. The maximum absolute atomic E-state index is 12.7. The highest BCUT2D eigenvalue weighted by Crippen LogP contribution is 2.37. The molecule has 2 aliphatic heterocycles. The van der Waals surface area contributed by atoms with Gasteiger partial charge in [0.25, 0.3) is 10.0 Å². The van der Waals surface area contributed by atoms with Crippen LogP contribution in [0.25, 0.3) is 0 Å². The summed E-state index contributed by atoms with van der Waals surface area (Å²) in [6.45, 7) is 2.55. The molecule has 2 fully saturated rings. The Bertz CT molecular complexity index is 666. The van der Waals surface area contributed by atoms with Crippen LogP contribution in [0.3, 0.4) is 0 Å². The molecule has 3 unspecified atom stereocenters. The number of sulfonamides is 1. The summed E-state index contributed by atoms with van der Waals surface area (Å²) in [4.78, 5) is 15.6. The van der Waals surface area contributed by atoms with Crippen molar-refractivity contribution in [1.82, 2.24) is 9.29 Å². The molecule has 7 nitrogen and oxygen atoms in total. The van der Waals surface area contributed by atoms with Crippen LogP contribution in [0.1, 0.15) is 24.3 Å². The van der Waals surface area contributed by atoms with Gasteiger partial charge in [0.05, 0.1) is 17.3 Å². The van der Waals surface area contributed by atoms with E-state index in [1.165, 1.54) is 6.20 Å². The van der Waals surface area contributed by atoms with Crippen LogP contribution < -0.4 is 0 Å². The first kappa shape index (κ1) is 15.9. The van der Waals surface area contributed by atoms with E-state index in [0.29, 0.717) is 18.0 Å². The summed E-state index contributed by atoms with van der Waals surface area (Å²) in [5.41, 5.74) is 0. The topological polar surface area (TPSA) is 96.8 Å². The van der Waals surface area contributed by atoms with Gasteiger partial charge in [-0.3, -0.25) is 4.79 Å². The van der Waals surface area contributed by atoms with E-state index in [9.17, 15) is 18.3 Å². The first-order chi connectivity index (χ1) is 10.4. The predicted molar refractivity (Wildman–Crippen MR) is 79.2 cm³/mol. The van der Waals surface area contributed by atoms with E-state index in [1.54, 1.807) is 6.92 Å². The summed E-state index contributed by atoms with van der Waals surface area (Å²) in [7, 11) is -3.82. The Morgan fingerprint density at radius 3 is 2.82 bits per heavy atom. The lowest BCUT2D eigenvalue weighted by atomic mass is 9.92. The van der Waals surface area contributed by atoms with Crippen molar-refractivity contribution >= 4 is 27.3 Å². The molecule has 3 rings (SSSR count). The van der Waals surface area contributed by atoms with Crippen LogP contribution in [0.15, 0.2) is 10.4 Å². The molecule has 122 valence electrons. The molecule has 3 heterocycles. The predicted octanol–water partition coefficient (Wildman–Crippen LogP) is 1.09. The fourth-order valence-electron chi connectivity index (χ4n) is 3.27. The van der Waals surface area contributed by atoms with E-state index in [0.717, 1.165) is 28.5 Å². The van der Waals surface area contributed by atoms with Gasteiger partial charge in [0.2, 0.25) is 0 Å². The number of hydrogen-bond acceptors (Lipinski definition) is 6. The third-order valence-corrected chi connectivity index (χ3v) is 7.49. The monoisotopic (exact) mass is 346 g/mol. The van der Waals surface area contributed by atoms with Crippen molar-refractivity contribution < 1.29 is 23.1 Å². The van der Waals surface area contributed by atoms with Gasteiger partial charge in [-0.05, 0) is 26.2 Å². The smallest absolute Gasteiger partial charge is 0.322 e. The third-order valence-electron chi connectivity index (χ3n) is 4.26. The van der Waals surface area contributed by atoms with Crippen LogP contribution in [-0.2, 0) is 19.6 Å². The van der Waals surface area contributed by atoms with Crippen molar-refractivity contribution in [1.29, 1.82) is 0 Å². The summed E-state index contributed by atoms with van der Waals surface area (Å²) < 4.78 is 32.2. The van der Waals surface area contributed by atoms with Gasteiger partial charge in [-0.2, -0.15) is 4.31 Å². The molecule has 0 aromatic carbocycles. The first-order valence-corrected chi connectivity index (χ1v) is 9.45. The van der Waals surface area contributed by atoms with Crippen LogP contribution in [0.5, 0.6) is 0 Å². The lowest BCUT2D eigenvalue weighted by Gasteiger charge is -2.26. The van der Waals surface area contributed by atoms with Gasteiger partial charge in [0.15, 0.2) is 4.21 Å². The Balaban J connectivity index is 1.91. The number of carbonyl (C=O) groups is 1. The van der Waals surface area contributed by atoms with Gasteiger partial charge in [0.1, 0.15) is 6.04 Å². The number of ether oxygens (including phenoxy) is 1. The Hall–Kier alpha value is -1.03. The highest BCUT2D eigenvalue weighted by Gasteiger charge is 2.49. The molecule has 1 N–H and O–H groups in total. The second-order valence-electron chi connectivity index (χ2n) is 5.60. The molecule has 22 heavy (non-hydrogen) atoms. The lowest BCUT2D eigenvalue weighted by Crippen LogP contribution is -2.45. The van der Waals surface area contributed by atoms with Gasteiger partial charge in [-0.15, -0.1) is 11.3 Å². The Kier molecular flexibility index (Phi) is 4.23. The van der Waals surface area contributed by atoms with Crippen LogP contribution in [-0.4, -0.2) is 54.1 Å². The quantitative estimate of drug-likeness (QED) is 0.877. The number of thiazole rings is 1. The minimum Gasteiger partial charge on any atom is -0.480 e. The van der Waals surface area contributed by atoms with Crippen molar-refractivity contribution in [3.8, 4) is 0 Å². The van der Waals surface area contributed by atoms with E-state index in [2.05, 4.69) is 4.98 Å². The molecule has 0 aliphatic carbocycles. The number of nitrogens with zero attached hydrogens (tertiary/aromatic N) is 2. The van der Waals surface area contributed by atoms with Gasteiger partial charge in [-0.1, -0.05) is 0 Å². The molecule has 3 atom stereocenters. The molecule has 0 amide bonds. The molecule has 0 bridgehead atoms. The molecule has 1 aromatic heterocycles. The molecule has 2 saturated heterocycles. The third kappa shape index (κ3) is 2.66. The van der Waals surface area contributed by atoms with E-state index < -0.39 is 22.0 Å². The number of aliphatic carboxylic acids is 1. The molecular weight excluding hydrogens is 328 g/mol. The summed E-state index contributed by atoms with van der Waals surface area (Å²) in [6, 6.07) is -1.06. The number of aromatic nitrogens is 1. The molecule has 9 heteroatoms. The number of hydrogen-bond donors (Lipinski definition) is 1. The van der Waals surface area contributed by atoms with Crippen LogP contribution in [0, 0.1) is 12.8 Å². The second-order valence-corrected chi connectivity index (χ2v) is 8.95. The second kappa shape index (κ2) is 5.88. The molecular formula is C13H18N2O5S2. The van der Waals surface area contributed by atoms with E-state index in [-0.39, 0.29) is 22.8 Å². The van der Waals surface area contributed by atoms with Crippen molar-refractivity contribution in [2.75, 3.05) is 13.2 Å². The highest BCUT2D eigenvalue weighted by atomic mass is 32.2. The van der Waals surface area contributed by atoms with Crippen LogP contribution >= 0.6 is 11.3 Å². The van der Waals surface area contributed by atoms with E-state index >= 15 is 0 Å². The van der Waals surface area contributed by atoms with Crippen molar-refractivity contribution in [2.24, 2.45) is 5.92 Å². The normalized spacial score (nSPS) is 30.0. The minimum atomic E-state index is -3.82. The SMILES string of the molecule is Cc1ncc(S(=O)(=O)N2CCC(C3CCCO3)C2C(=O)O)s1. The average molecular weight is 346 g/mol. The maximum Gasteiger partial charge on any atom is 0.322 e. The zero-order chi connectivity index (χ0) is 15.9. The molecule has 1 aromatic rings. The van der Waals surface area contributed by atoms with E-state index in [1.807, 2.05) is 0 Å². The fourth-order valence-corrected chi connectivity index (χ4v) is 6.15. The van der Waals surface area contributed by atoms with Crippen molar-refractivity contribution in [2.45, 2.75) is 42.5 Å². The van der Waals surface area contributed by atoms with Crippen LogP contribution in [0.2, 0.25) is 0 Å². The number of carboxylic acid groups (broad SMARTS) is 1. The fraction of sp³-hybridized carbons (Fsp3) is 0.692. The molecule has 0 radical (unpaired) electrons. The van der Waals surface area contributed by atoms with Crippen molar-refractivity contribution in [3.05, 3.63) is 11.2 Å². The summed E-state index contributed by atoms with van der Waals surface area (Å²) >= 11 is 1.06. The molecule has 2 aliphatic rings.